The van der Waals surface area contributed by atoms with E-state index >= 15 is 0 Å². The number of thiol groups is 1. The molecule has 0 rings (SSSR count). The van der Waals surface area contributed by atoms with Crippen LogP contribution in [0.25, 0.3) is 0 Å². The minimum Gasteiger partial charge on any atom is -0.460 e. The second-order valence-electron chi connectivity index (χ2n) is 7.64. The first-order valence-corrected chi connectivity index (χ1v) is 13.3. The average Bonchev–Trinajstić information content (AvgIpc) is 2.58. The second kappa shape index (κ2) is 17.5. The molecular formula is C21H40O2S4. The molecule has 0 saturated carbocycles. The zero-order chi connectivity index (χ0) is 20.5. The first-order chi connectivity index (χ1) is 12.8. The van der Waals surface area contributed by atoms with Gasteiger partial charge in [-0.2, -0.15) is 12.6 Å². The normalized spacial score (nSPS) is 12.8. The number of carbonyl (C=O) groups is 1. The van der Waals surface area contributed by atoms with Gasteiger partial charge in [-0.3, -0.25) is 4.79 Å². The van der Waals surface area contributed by atoms with Crippen molar-refractivity contribution in [1.29, 1.82) is 0 Å². The third-order valence-corrected chi connectivity index (χ3v) is 7.44. The molecular weight excluding hydrogens is 412 g/mol. The van der Waals surface area contributed by atoms with E-state index in [4.69, 9.17) is 17.0 Å². The lowest BCUT2D eigenvalue weighted by atomic mass is 10.1. The molecule has 0 amide bonds. The van der Waals surface area contributed by atoms with Gasteiger partial charge in [0, 0.05) is 12.8 Å². The summed E-state index contributed by atoms with van der Waals surface area (Å²) in [4.78, 5) is 11.5. The third kappa shape index (κ3) is 18.4. The summed E-state index contributed by atoms with van der Waals surface area (Å²) in [5.41, 5.74) is -0.497. The molecule has 0 aliphatic heterocycles. The van der Waals surface area contributed by atoms with Crippen LogP contribution in [0.2, 0.25) is 0 Å². The van der Waals surface area contributed by atoms with Crippen molar-refractivity contribution < 1.29 is 9.53 Å². The summed E-state index contributed by atoms with van der Waals surface area (Å²) in [7, 11) is 0. The van der Waals surface area contributed by atoms with Crippen LogP contribution in [0.5, 0.6) is 0 Å². The Kier molecular flexibility index (Phi) is 17.9. The van der Waals surface area contributed by atoms with Crippen molar-refractivity contribution in [2.75, 3.05) is 5.75 Å². The number of rotatable bonds is 16. The SMILES string of the molecule is CCCCCCCCCCCCSC(=S)SC(S)CC(C)(C)OC(=O)CC. The highest BCUT2D eigenvalue weighted by Crippen LogP contribution is 2.32. The summed E-state index contributed by atoms with van der Waals surface area (Å²) in [6.07, 6.45) is 14.7. The summed E-state index contributed by atoms with van der Waals surface area (Å²) in [6, 6.07) is 0. The minimum absolute atomic E-state index is 0.0531. The average molecular weight is 453 g/mol. The van der Waals surface area contributed by atoms with Crippen molar-refractivity contribution >= 4 is 57.9 Å². The lowest BCUT2D eigenvalue weighted by molar-refractivity contribution is -0.156. The molecule has 0 fully saturated rings. The smallest absolute Gasteiger partial charge is 0.306 e. The van der Waals surface area contributed by atoms with Crippen LogP contribution in [0.3, 0.4) is 0 Å². The standard InChI is InChI=1S/C21H40O2S4/c1-5-7-8-9-10-11-12-13-14-15-16-26-20(25)27-19(24)17-21(3,4)23-18(22)6-2/h19,24H,5-17H2,1-4H3. The Morgan fingerprint density at radius 1 is 1.00 bits per heavy atom. The van der Waals surface area contributed by atoms with Crippen LogP contribution < -0.4 is 0 Å². The highest BCUT2D eigenvalue weighted by Gasteiger charge is 2.26. The zero-order valence-corrected chi connectivity index (χ0v) is 21.1. The fourth-order valence-corrected chi connectivity index (χ4v) is 6.65. The maximum Gasteiger partial charge on any atom is 0.306 e. The van der Waals surface area contributed by atoms with Crippen LogP contribution in [0, 0.1) is 0 Å². The van der Waals surface area contributed by atoms with Gasteiger partial charge < -0.3 is 4.74 Å². The van der Waals surface area contributed by atoms with E-state index < -0.39 is 5.60 Å². The molecule has 0 bridgehead atoms. The van der Waals surface area contributed by atoms with Crippen LogP contribution in [-0.4, -0.2) is 25.4 Å². The molecule has 1 atom stereocenters. The first-order valence-electron chi connectivity index (χ1n) is 10.5. The minimum atomic E-state index is -0.497. The molecule has 1 unspecified atom stereocenters. The Hall–Kier alpha value is 0.610. The van der Waals surface area contributed by atoms with Crippen LogP contribution >= 0.6 is 48.4 Å². The number of thiocarbonyl (C=S) groups is 1. The van der Waals surface area contributed by atoms with E-state index in [0.717, 1.165) is 9.28 Å². The molecule has 27 heavy (non-hydrogen) atoms. The Labute approximate surface area is 187 Å². The Balaban J connectivity index is 3.64. The van der Waals surface area contributed by atoms with Gasteiger partial charge in [-0.15, -0.1) is 11.8 Å². The molecule has 0 radical (unpaired) electrons. The van der Waals surface area contributed by atoms with Crippen LogP contribution in [0.4, 0.5) is 0 Å². The Morgan fingerprint density at radius 2 is 1.52 bits per heavy atom. The van der Waals surface area contributed by atoms with Crippen molar-refractivity contribution in [3.63, 3.8) is 0 Å². The van der Waals surface area contributed by atoms with Crippen molar-refractivity contribution in [3.05, 3.63) is 0 Å². The van der Waals surface area contributed by atoms with E-state index in [1.807, 2.05) is 20.8 Å². The van der Waals surface area contributed by atoms with Crippen molar-refractivity contribution in [2.45, 2.75) is 115 Å². The molecule has 0 aliphatic carbocycles. The monoisotopic (exact) mass is 452 g/mol. The molecule has 0 aromatic rings. The van der Waals surface area contributed by atoms with E-state index in [0.29, 0.717) is 12.8 Å². The van der Waals surface area contributed by atoms with E-state index in [2.05, 4.69) is 19.6 Å². The van der Waals surface area contributed by atoms with Gasteiger partial charge in [0.25, 0.3) is 0 Å². The van der Waals surface area contributed by atoms with Crippen LogP contribution in [0.15, 0.2) is 0 Å². The maximum atomic E-state index is 11.5. The summed E-state index contributed by atoms with van der Waals surface area (Å²) in [5, 5.41) is 0. The van der Waals surface area contributed by atoms with Crippen molar-refractivity contribution in [3.8, 4) is 0 Å². The van der Waals surface area contributed by atoms with Gasteiger partial charge in [-0.25, -0.2) is 0 Å². The van der Waals surface area contributed by atoms with Crippen LogP contribution in [-0.2, 0) is 9.53 Å². The summed E-state index contributed by atoms with van der Waals surface area (Å²) < 4.78 is 6.46. The van der Waals surface area contributed by atoms with Gasteiger partial charge in [-0.05, 0) is 26.0 Å². The zero-order valence-electron chi connectivity index (χ0n) is 17.8. The molecule has 0 spiro atoms. The topological polar surface area (TPSA) is 26.3 Å². The molecule has 0 heterocycles. The predicted molar refractivity (Wildman–Crippen MR) is 132 cm³/mol. The summed E-state index contributed by atoms with van der Waals surface area (Å²) in [5.74, 6) is 0.931. The van der Waals surface area contributed by atoms with Crippen molar-refractivity contribution in [1.82, 2.24) is 0 Å². The second-order valence-corrected chi connectivity index (χ2v) is 12.1. The van der Waals surface area contributed by atoms with Gasteiger partial charge in [0.15, 0.2) is 0 Å². The molecule has 0 aliphatic rings. The molecule has 6 heteroatoms. The number of thioether (sulfide) groups is 2. The van der Waals surface area contributed by atoms with Gasteiger partial charge in [-0.1, -0.05) is 95.6 Å². The summed E-state index contributed by atoms with van der Waals surface area (Å²) >= 11 is 13.5. The third-order valence-electron chi connectivity index (χ3n) is 4.30. The number of esters is 1. The highest BCUT2D eigenvalue weighted by molar-refractivity contribution is 8.48. The lowest BCUT2D eigenvalue weighted by Gasteiger charge is -2.27. The maximum absolute atomic E-state index is 11.5. The van der Waals surface area contributed by atoms with Gasteiger partial charge >= 0.3 is 5.97 Å². The molecule has 0 N–H and O–H groups in total. The van der Waals surface area contributed by atoms with Gasteiger partial charge in [0.2, 0.25) is 0 Å². The van der Waals surface area contributed by atoms with E-state index in [-0.39, 0.29) is 10.6 Å². The quantitative estimate of drug-likeness (QED) is 0.0840. The van der Waals surface area contributed by atoms with Crippen molar-refractivity contribution in [2.24, 2.45) is 0 Å². The molecule has 0 aromatic carbocycles. The Morgan fingerprint density at radius 3 is 2.04 bits per heavy atom. The summed E-state index contributed by atoms with van der Waals surface area (Å²) in [6.45, 7) is 7.95. The van der Waals surface area contributed by atoms with Crippen LogP contribution in [0.1, 0.15) is 105 Å². The molecule has 0 aromatic heterocycles. The molecule has 2 nitrogen and oxygen atoms in total. The van der Waals surface area contributed by atoms with E-state index in [1.54, 1.807) is 23.5 Å². The molecule has 160 valence electrons. The number of carbonyl (C=O) groups excluding carboxylic acids is 1. The number of hydrogen-bond donors (Lipinski definition) is 1. The largest absolute Gasteiger partial charge is 0.460 e. The number of hydrogen-bond acceptors (Lipinski definition) is 6. The lowest BCUT2D eigenvalue weighted by Crippen LogP contribution is -2.30. The highest BCUT2D eigenvalue weighted by atomic mass is 32.2. The Bertz CT molecular complexity index is 400. The van der Waals surface area contributed by atoms with Gasteiger partial charge in [0.1, 0.15) is 9.13 Å². The fourth-order valence-electron chi connectivity index (χ4n) is 2.77. The fraction of sp³-hybridized carbons (Fsp3) is 0.905. The van der Waals surface area contributed by atoms with E-state index in [1.165, 1.54) is 64.2 Å². The number of ether oxygens (including phenoxy) is 1. The number of unbranched alkanes of at least 4 members (excludes halogenated alkanes) is 9. The van der Waals surface area contributed by atoms with E-state index in [9.17, 15) is 4.79 Å². The predicted octanol–water partition coefficient (Wildman–Crippen LogP) is 8.04. The first kappa shape index (κ1) is 27.6. The van der Waals surface area contributed by atoms with Gasteiger partial charge in [0.05, 0.1) is 4.58 Å². The molecule has 0 saturated heterocycles.